The van der Waals surface area contributed by atoms with E-state index in [0.717, 1.165) is 4.48 Å². The molecule has 1 nitrogen and oxygen atoms in total. The van der Waals surface area contributed by atoms with E-state index >= 15 is 0 Å². The van der Waals surface area contributed by atoms with Crippen LogP contribution in [0.25, 0.3) is 0 Å². The predicted molar refractivity (Wildman–Crippen MR) is 112 cm³/mol. The number of nitrogens with zero attached hydrogens (tertiary/aromatic N) is 1. The first-order valence-electron chi connectivity index (χ1n) is 11.0. The summed E-state index contributed by atoms with van der Waals surface area (Å²) in [6.45, 7) is 6.30. The molecular formula is C23H48ClN. The van der Waals surface area contributed by atoms with Gasteiger partial charge in [-0.25, -0.2) is 0 Å². The first kappa shape index (κ1) is 27.2. The lowest BCUT2D eigenvalue weighted by atomic mass is 10.0. The van der Waals surface area contributed by atoms with Crippen LogP contribution in [0.5, 0.6) is 0 Å². The molecule has 25 heavy (non-hydrogen) atoms. The van der Waals surface area contributed by atoms with E-state index in [0.29, 0.717) is 6.04 Å². The minimum Gasteiger partial charge on any atom is -1.00 e. The molecule has 0 spiro atoms. The third kappa shape index (κ3) is 18.6. The lowest BCUT2D eigenvalue weighted by Gasteiger charge is -2.32. The quantitative estimate of drug-likeness (QED) is 0.188. The zero-order chi connectivity index (χ0) is 18.1. The zero-order valence-electron chi connectivity index (χ0n) is 18.0. The molecule has 152 valence electrons. The van der Waals surface area contributed by atoms with E-state index in [4.69, 9.17) is 0 Å². The number of hydrogen-bond acceptors (Lipinski definition) is 0. The van der Waals surface area contributed by atoms with Crippen molar-refractivity contribution in [3.8, 4) is 0 Å². The molecule has 1 atom stereocenters. The van der Waals surface area contributed by atoms with Crippen LogP contribution >= 0.6 is 0 Å². The van der Waals surface area contributed by atoms with Crippen molar-refractivity contribution in [3.63, 3.8) is 0 Å². The van der Waals surface area contributed by atoms with Gasteiger partial charge in [-0.15, -0.1) is 0 Å². The largest absolute Gasteiger partial charge is 1.00 e. The van der Waals surface area contributed by atoms with Crippen molar-refractivity contribution in [3.05, 3.63) is 12.7 Å². The van der Waals surface area contributed by atoms with Gasteiger partial charge in [-0.3, -0.25) is 0 Å². The highest BCUT2D eigenvalue weighted by atomic mass is 35.5. The SMILES string of the molecule is C=CC(CCCCCCCCCCCCCCCCC)[N+](C)(C)C.[Cl-]. The zero-order valence-corrected chi connectivity index (χ0v) is 18.8. The van der Waals surface area contributed by atoms with Crippen LogP contribution in [0.1, 0.15) is 110 Å². The summed E-state index contributed by atoms with van der Waals surface area (Å²) in [4.78, 5) is 0. The van der Waals surface area contributed by atoms with Gasteiger partial charge in [-0.1, -0.05) is 103 Å². The van der Waals surface area contributed by atoms with E-state index in [1.807, 2.05) is 0 Å². The van der Waals surface area contributed by atoms with Crippen molar-refractivity contribution in [2.75, 3.05) is 21.1 Å². The Morgan fingerprint density at radius 2 is 0.960 bits per heavy atom. The number of unbranched alkanes of at least 4 members (excludes halogenated alkanes) is 14. The molecule has 0 aliphatic heterocycles. The van der Waals surface area contributed by atoms with Gasteiger partial charge in [0, 0.05) is 6.42 Å². The third-order valence-electron chi connectivity index (χ3n) is 5.37. The van der Waals surface area contributed by atoms with Gasteiger partial charge >= 0.3 is 0 Å². The summed E-state index contributed by atoms with van der Waals surface area (Å²) in [7, 11) is 6.83. The Labute approximate surface area is 166 Å². The predicted octanol–water partition coefficient (Wildman–Crippen LogP) is 4.51. The van der Waals surface area contributed by atoms with E-state index in [-0.39, 0.29) is 12.4 Å². The van der Waals surface area contributed by atoms with Gasteiger partial charge in [0.1, 0.15) is 6.04 Å². The second-order valence-corrected chi connectivity index (χ2v) is 8.66. The van der Waals surface area contributed by atoms with Gasteiger partial charge in [0.05, 0.1) is 21.1 Å². The molecular weight excluding hydrogens is 326 g/mol. The Kier molecular flexibility index (Phi) is 20.4. The van der Waals surface area contributed by atoms with E-state index in [1.165, 1.54) is 103 Å². The second-order valence-electron chi connectivity index (χ2n) is 8.66. The lowest BCUT2D eigenvalue weighted by Crippen LogP contribution is -3.00. The molecule has 0 saturated carbocycles. The highest BCUT2D eigenvalue weighted by Crippen LogP contribution is 2.16. The molecule has 0 aliphatic rings. The fraction of sp³-hybridized carbons (Fsp3) is 0.913. The van der Waals surface area contributed by atoms with Gasteiger partial charge in [0.2, 0.25) is 0 Å². The van der Waals surface area contributed by atoms with Crippen molar-refractivity contribution < 1.29 is 16.9 Å². The molecule has 0 aromatic heterocycles. The average Bonchev–Trinajstić information content (AvgIpc) is 2.53. The van der Waals surface area contributed by atoms with E-state index in [9.17, 15) is 0 Å². The summed E-state index contributed by atoms with van der Waals surface area (Å²) in [6.07, 6.45) is 25.1. The molecule has 0 fully saturated rings. The number of likely N-dealkylation sites (N-methyl/N-ethyl adjacent to an activating group) is 1. The molecule has 0 amide bonds. The standard InChI is InChI=1S/C23H48N.ClH/c1-6-8-9-10-11-12-13-14-15-16-17-18-19-20-21-22-23(7-2)24(3,4)5;/h7,23H,2,6,8-22H2,1,3-5H3;1H/q+1;/p-1. The van der Waals surface area contributed by atoms with Crippen LogP contribution in [0.15, 0.2) is 12.7 Å². The smallest absolute Gasteiger partial charge is 0.107 e. The number of hydrogen-bond donors (Lipinski definition) is 0. The Bertz CT molecular complexity index is 270. The van der Waals surface area contributed by atoms with Crippen LogP contribution in [-0.2, 0) is 0 Å². The van der Waals surface area contributed by atoms with Crippen LogP contribution in [0.4, 0.5) is 0 Å². The molecule has 0 N–H and O–H groups in total. The molecule has 0 saturated heterocycles. The minimum atomic E-state index is 0. The van der Waals surface area contributed by atoms with Gasteiger partial charge in [-0.2, -0.15) is 0 Å². The van der Waals surface area contributed by atoms with Crippen molar-refractivity contribution in [2.45, 2.75) is 116 Å². The van der Waals surface area contributed by atoms with Gasteiger partial charge in [0.25, 0.3) is 0 Å². The normalized spacial score (nSPS) is 12.6. The van der Waals surface area contributed by atoms with Gasteiger partial charge in [0.15, 0.2) is 0 Å². The maximum absolute atomic E-state index is 4.00. The Morgan fingerprint density at radius 1 is 0.640 bits per heavy atom. The fourth-order valence-corrected chi connectivity index (χ4v) is 3.55. The number of halogens is 1. The van der Waals surface area contributed by atoms with Crippen molar-refractivity contribution >= 4 is 0 Å². The van der Waals surface area contributed by atoms with Crippen LogP contribution in [0.3, 0.4) is 0 Å². The van der Waals surface area contributed by atoms with Crippen molar-refractivity contribution in [2.24, 2.45) is 0 Å². The van der Waals surface area contributed by atoms with Crippen molar-refractivity contribution in [1.82, 2.24) is 0 Å². The molecule has 0 bridgehead atoms. The maximum Gasteiger partial charge on any atom is 0.107 e. The van der Waals surface area contributed by atoms with Gasteiger partial charge in [-0.05, 0) is 12.5 Å². The average molecular weight is 374 g/mol. The first-order chi connectivity index (χ1) is 11.5. The fourth-order valence-electron chi connectivity index (χ4n) is 3.55. The van der Waals surface area contributed by atoms with Crippen LogP contribution in [0.2, 0.25) is 0 Å². The highest BCUT2D eigenvalue weighted by Gasteiger charge is 2.18. The molecule has 0 heterocycles. The summed E-state index contributed by atoms with van der Waals surface area (Å²) in [5.74, 6) is 0. The van der Waals surface area contributed by atoms with Gasteiger partial charge < -0.3 is 16.9 Å². The first-order valence-corrected chi connectivity index (χ1v) is 11.0. The molecule has 0 aromatic rings. The Balaban J connectivity index is 0. The van der Waals surface area contributed by atoms with E-state index in [1.54, 1.807) is 0 Å². The Morgan fingerprint density at radius 3 is 1.24 bits per heavy atom. The van der Waals surface area contributed by atoms with Crippen molar-refractivity contribution in [1.29, 1.82) is 0 Å². The van der Waals surface area contributed by atoms with E-state index < -0.39 is 0 Å². The minimum absolute atomic E-state index is 0. The van der Waals surface area contributed by atoms with Crippen LogP contribution in [-0.4, -0.2) is 31.7 Å². The highest BCUT2D eigenvalue weighted by molar-refractivity contribution is 4.79. The summed E-state index contributed by atoms with van der Waals surface area (Å²) in [5, 5.41) is 0. The molecule has 0 aliphatic carbocycles. The third-order valence-corrected chi connectivity index (χ3v) is 5.37. The molecule has 0 radical (unpaired) electrons. The number of quaternary nitrogens is 1. The molecule has 0 rings (SSSR count). The molecule has 1 unspecified atom stereocenters. The second kappa shape index (κ2) is 18.8. The summed E-state index contributed by atoms with van der Waals surface area (Å²) in [6, 6.07) is 0.618. The molecule has 2 heteroatoms. The lowest BCUT2D eigenvalue weighted by molar-refractivity contribution is -0.889. The molecule has 0 aromatic carbocycles. The topological polar surface area (TPSA) is 0 Å². The summed E-state index contributed by atoms with van der Waals surface area (Å²) < 4.78 is 1.02. The Hall–Kier alpha value is -0.0100. The van der Waals surface area contributed by atoms with Crippen LogP contribution in [0, 0.1) is 0 Å². The van der Waals surface area contributed by atoms with Crippen LogP contribution < -0.4 is 12.4 Å². The monoisotopic (exact) mass is 373 g/mol. The summed E-state index contributed by atoms with van der Waals surface area (Å²) in [5.41, 5.74) is 0. The maximum atomic E-state index is 4.00. The number of rotatable bonds is 18. The van der Waals surface area contributed by atoms with E-state index in [2.05, 4.69) is 40.7 Å². The summed E-state index contributed by atoms with van der Waals surface area (Å²) >= 11 is 0.